The molecule has 1 amide bonds. The first-order chi connectivity index (χ1) is 6.31. The van der Waals surface area contributed by atoms with Crippen LogP contribution < -0.4 is 16.5 Å². The fraction of sp³-hybridized carbons (Fsp3) is 0.889. The van der Waals surface area contributed by atoms with E-state index in [-0.39, 0.29) is 13.3 Å². The molecular weight excluding hydrogens is 182 g/mol. The molecule has 0 aromatic heterocycles. The Morgan fingerprint density at radius 1 is 1.43 bits per heavy atom. The minimum absolute atomic E-state index is 0. The SMILES string of the molecule is C.CCCNC(=O)CNCCCON. The number of nitrogens with one attached hydrogen (secondary N) is 2. The quantitative estimate of drug-likeness (QED) is 0.385. The Balaban J connectivity index is 0. The summed E-state index contributed by atoms with van der Waals surface area (Å²) in [5.74, 6) is 4.87. The van der Waals surface area contributed by atoms with E-state index in [9.17, 15) is 4.79 Å². The van der Waals surface area contributed by atoms with E-state index in [1.807, 2.05) is 6.92 Å². The number of rotatable bonds is 8. The Kier molecular flexibility index (Phi) is 13.9. The van der Waals surface area contributed by atoms with Crippen LogP contribution in [0.15, 0.2) is 0 Å². The van der Waals surface area contributed by atoms with E-state index in [4.69, 9.17) is 5.90 Å². The third-order valence-electron chi connectivity index (χ3n) is 1.47. The van der Waals surface area contributed by atoms with Gasteiger partial charge < -0.3 is 15.5 Å². The van der Waals surface area contributed by atoms with Gasteiger partial charge in [0.2, 0.25) is 5.91 Å². The van der Waals surface area contributed by atoms with Crippen LogP contribution in [0.1, 0.15) is 27.2 Å². The molecule has 0 heterocycles. The molecule has 0 saturated heterocycles. The van der Waals surface area contributed by atoms with Gasteiger partial charge in [0.1, 0.15) is 0 Å². The molecule has 0 aliphatic carbocycles. The second kappa shape index (κ2) is 12.3. The smallest absolute Gasteiger partial charge is 0.233 e. The first kappa shape index (κ1) is 15.8. The van der Waals surface area contributed by atoms with Crippen molar-refractivity contribution in [2.45, 2.75) is 27.2 Å². The van der Waals surface area contributed by atoms with Crippen LogP contribution in [-0.2, 0) is 9.63 Å². The van der Waals surface area contributed by atoms with Crippen molar-refractivity contribution >= 4 is 5.91 Å². The van der Waals surface area contributed by atoms with Gasteiger partial charge in [-0.3, -0.25) is 4.79 Å². The molecular formula is C9H23N3O2. The normalized spacial score (nSPS) is 9.29. The van der Waals surface area contributed by atoms with E-state index in [1.54, 1.807) is 0 Å². The zero-order valence-corrected chi connectivity index (χ0v) is 8.14. The number of amides is 1. The fourth-order valence-corrected chi connectivity index (χ4v) is 0.809. The Hall–Kier alpha value is -0.650. The lowest BCUT2D eigenvalue weighted by molar-refractivity contribution is -0.120. The minimum atomic E-state index is 0. The summed E-state index contributed by atoms with van der Waals surface area (Å²) < 4.78 is 0. The number of hydrogen-bond donors (Lipinski definition) is 3. The summed E-state index contributed by atoms with van der Waals surface area (Å²) in [5, 5.41) is 5.75. The molecule has 5 nitrogen and oxygen atoms in total. The second-order valence-electron chi connectivity index (χ2n) is 2.75. The number of nitrogens with two attached hydrogens (primary N) is 1. The van der Waals surface area contributed by atoms with Crippen molar-refractivity contribution in [3.8, 4) is 0 Å². The summed E-state index contributed by atoms with van der Waals surface area (Å²) in [6.07, 6.45) is 1.78. The van der Waals surface area contributed by atoms with Crippen molar-refractivity contribution in [1.29, 1.82) is 0 Å². The molecule has 0 aliphatic rings. The molecule has 0 radical (unpaired) electrons. The van der Waals surface area contributed by atoms with Crippen LogP contribution >= 0.6 is 0 Å². The maximum atomic E-state index is 11.0. The van der Waals surface area contributed by atoms with E-state index in [0.29, 0.717) is 13.2 Å². The Labute approximate surface area is 86.3 Å². The lowest BCUT2D eigenvalue weighted by Crippen LogP contribution is -2.34. The molecule has 86 valence electrons. The molecule has 0 unspecified atom stereocenters. The number of carbonyl (C=O) groups excluding carboxylic acids is 1. The molecule has 5 heteroatoms. The van der Waals surface area contributed by atoms with Gasteiger partial charge in [-0.1, -0.05) is 14.4 Å². The zero-order chi connectivity index (χ0) is 9.94. The molecule has 14 heavy (non-hydrogen) atoms. The van der Waals surface area contributed by atoms with Gasteiger partial charge in [0, 0.05) is 6.54 Å². The Morgan fingerprint density at radius 3 is 2.71 bits per heavy atom. The van der Waals surface area contributed by atoms with Gasteiger partial charge in [0.25, 0.3) is 0 Å². The average Bonchev–Trinajstić information content (AvgIpc) is 2.14. The zero-order valence-electron chi connectivity index (χ0n) is 8.14. The monoisotopic (exact) mass is 205 g/mol. The summed E-state index contributed by atoms with van der Waals surface area (Å²) in [6.45, 7) is 4.39. The largest absolute Gasteiger partial charge is 0.355 e. The second-order valence-corrected chi connectivity index (χ2v) is 2.75. The van der Waals surface area contributed by atoms with Crippen LogP contribution in [0, 0.1) is 0 Å². The molecule has 0 spiro atoms. The van der Waals surface area contributed by atoms with E-state index in [1.165, 1.54) is 0 Å². The highest BCUT2D eigenvalue weighted by Gasteiger charge is 1.97. The predicted octanol–water partition coefficient (Wildman–Crippen LogP) is 0.0187. The van der Waals surface area contributed by atoms with Crippen LogP contribution in [0.4, 0.5) is 0 Å². The first-order valence-corrected chi connectivity index (χ1v) is 4.60. The highest BCUT2D eigenvalue weighted by molar-refractivity contribution is 5.77. The van der Waals surface area contributed by atoms with Gasteiger partial charge in [0.05, 0.1) is 13.2 Å². The average molecular weight is 205 g/mol. The van der Waals surface area contributed by atoms with Gasteiger partial charge in [-0.2, -0.15) is 0 Å². The van der Waals surface area contributed by atoms with Crippen molar-refractivity contribution in [2.75, 3.05) is 26.2 Å². The van der Waals surface area contributed by atoms with Gasteiger partial charge in [-0.25, -0.2) is 5.90 Å². The maximum Gasteiger partial charge on any atom is 0.233 e. The van der Waals surface area contributed by atoms with Crippen LogP contribution in [-0.4, -0.2) is 32.1 Å². The highest BCUT2D eigenvalue weighted by atomic mass is 16.6. The molecule has 0 saturated carbocycles. The van der Waals surface area contributed by atoms with Gasteiger partial charge in [-0.15, -0.1) is 0 Å². The van der Waals surface area contributed by atoms with Crippen molar-refractivity contribution in [2.24, 2.45) is 5.90 Å². The van der Waals surface area contributed by atoms with Gasteiger partial charge in [-0.05, 0) is 19.4 Å². The van der Waals surface area contributed by atoms with Crippen molar-refractivity contribution in [3.05, 3.63) is 0 Å². The van der Waals surface area contributed by atoms with Crippen molar-refractivity contribution in [3.63, 3.8) is 0 Å². The first-order valence-electron chi connectivity index (χ1n) is 4.60. The molecule has 0 fully saturated rings. The summed E-state index contributed by atoms with van der Waals surface area (Å²) in [5.41, 5.74) is 0. The van der Waals surface area contributed by atoms with E-state index < -0.39 is 0 Å². The minimum Gasteiger partial charge on any atom is -0.355 e. The third kappa shape index (κ3) is 11.4. The van der Waals surface area contributed by atoms with E-state index in [2.05, 4.69) is 15.5 Å². The van der Waals surface area contributed by atoms with Gasteiger partial charge >= 0.3 is 0 Å². The molecule has 0 aliphatic heterocycles. The standard InChI is InChI=1S/C8H19N3O2.CH4/c1-2-4-11-8(12)7-10-5-3-6-13-9;/h10H,2-7,9H2,1H3,(H,11,12);1H4. The molecule has 4 N–H and O–H groups in total. The molecule has 0 atom stereocenters. The predicted molar refractivity (Wildman–Crippen MR) is 57.7 cm³/mol. The molecule has 0 bridgehead atoms. The van der Waals surface area contributed by atoms with Crippen molar-refractivity contribution in [1.82, 2.24) is 10.6 Å². The maximum absolute atomic E-state index is 11.0. The van der Waals surface area contributed by atoms with Gasteiger partial charge in [0.15, 0.2) is 0 Å². The lowest BCUT2D eigenvalue weighted by Gasteiger charge is -2.04. The van der Waals surface area contributed by atoms with Crippen LogP contribution in [0.5, 0.6) is 0 Å². The van der Waals surface area contributed by atoms with Crippen molar-refractivity contribution < 1.29 is 9.63 Å². The van der Waals surface area contributed by atoms with E-state index >= 15 is 0 Å². The number of hydrogen-bond acceptors (Lipinski definition) is 4. The summed E-state index contributed by atoms with van der Waals surface area (Å²) in [6, 6.07) is 0. The fourth-order valence-electron chi connectivity index (χ4n) is 0.809. The molecule has 0 aromatic rings. The van der Waals surface area contributed by atoms with E-state index in [0.717, 1.165) is 25.9 Å². The summed E-state index contributed by atoms with van der Waals surface area (Å²) >= 11 is 0. The Bertz CT molecular complexity index is 131. The van der Waals surface area contributed by atoms with Crippen LogP contribution in [0.3, 0.4) is 0 Å². The highest BCUT2D eigenvalue weighted by Crippen LogP contribution is 1.75. The summed E-state index contributed by atoms with van der Waals surface area (Å²) in [7, 11) is 0. The Morgan fingerprint density at radius 2 is 2.14 bits per heavy atom. The third-order valence-corrected chi connectivity index (χ3v) is 1.47. The summed E-state index contributed by atoms with van der Waals surface area (Å²) in [4.78, 5) is 15.4. The number of carbonyl (C=O) groups is 1. The topological polar surface area (TPSA) is 76.4 Å². The lowest BCUT2D eigenvalue weighted by atomic mass is 10.4. The van der Waals surface area contributed by atoms with Crippen LogP contribution in [0.25, 0.3) is 0 Å². The van der Waals surface area contributed by atoms with Crippen LogP contribution in [0.2, 0.25) is 0 Å². The molecule has 0 rings (SSSR count). The molecule has 0 aromatic carbocycles.